The van der Waals surface area contributed by atoms with Crippen LogP contribution in [0.4, 0.5) is 0 Å². The molecule has 2 fully saturated rings. The van der Waals surface area contributed by atoms with Crippen molar-refractivity contribution in [2.24, 2.45) is 5.92 Å². The standard InChI is InChI=1S/C15H25N3OS2/c1-2-16-12(11-5-3-4-6-11)9-14-17-15(18-19-14)13-10-20-7-8-21-13/h11-13,16H,2-10H2,1H3. The normalized spacial score (nSPS) is 25.3. The molecule has 1 aliphatic heterocycles. The Balaban J connectivity index is 1.61. The fourth-order valence-corrected chi connectivity index (χ4v) is 5.92. The largest absolute Gasteiger partial charge is 0.339 e. The first kappa shape index (κ1) is 15.7. The molecule has 1 N–H and O–H groups in total. The van der Waals surface area contributed by atoms with E-state index in [-0.39, 0.29) is 0 Å². The molecule has 0 spiro atoms. The molecule has 2 atom stereocenters. The Labute approximate surface area is 135 Å². The molecule has 21 heavy (non-hydrogen) atoms. The third kappa shape index (κ3) is 4.17. The summed E-state index contributed by atoms with van der Waals surface area (Å²) in [6.45, 7) is 3.19. The van der Waals surface area contributed by atoms with E-state index in [1.807, 2.05) is 23.5 Å². The number of hydrogen-bond donors (Lipinski definition) is 1. The Bertz CT molecular complexity index is 428. The summed E-state index contributed by atoms with van der Waals surface area (Å²) in [7, 11) is 0. The summed E-state index contributed by atoms with van der Waals surface area (Å²) in [5.74, 6) is 6.06. The van der Waals surface area contributed by atoms with E-state index in [0.717, 1.165) is 36.4 Å². The van der Waals surface area contributed by atoms with Crippen molar-refractivity contribution < 1.29 is 4.52 Å². The molecule has 1 saturated heterocycles. The van der Waals surface area contributed by atoms with E-state index in [0.29, 0.717) is 11.3 Å². The minimum absolute atomic E-state index is 0.422. The van der Waals surface area contributed by atoms with Crippen LogP contribution in [0.15, 0.2) is 4.52 Å². The number of aromatic nitrogens is 2. The van der Waals surface area contributed by atoms with E-state index < -0.39 is 0 Å². The molecule has 3 rings (SSSR count). The molecular formula is C15H25N3OS2. The molecule has 6 heteroatoms. The monoisotopic (exact) mass is 327 g/mol. The third-order valence-electron chi connectivity index (χ3n) is 4.42. The van der Waals surface area contributed by atoms with Gasteiger partial charge in [-0.25, -0.2) is 0 Å². The second-order valence-electron chi connectivity index (χ2n) is 5.89. The van der Waals surface area contributed by atoms with Crippen LogP contribution < -0.4 is 5.32 Å². The zero-order chi connectivity index (χ0) is 14.5. The second kappa shape index (κ2) is 7.88. The predicted octanol–water partition coefficient (Wildman–Crippen LogP) is 3.30. The number of hydrogen-bond acceptors (Lipinski definition) is 6. The molecule has 0 amide bonds. The van der Waals surface area contributed by atoms with Gasteiger partial charge in [-0.15, -0.1) is 11.8 Å². The van der Waals surface area contributed by atoms with Crippen molar-refractivity contribution in [1.82, 2.24) is 15.5 Å². The summed E-state index contributed by atoms with van der Waals surface area (Å²) < 4.78 is 5.53. The maximum atomic E-state index is 5.53. The minimum atomic E-state index is 0.422. The van der Waals surface area contributed by atoms with Crippen LogP contribution in [-0.2, 0) is 6.42 Å². The first-order chi connectivity index (χ1) is 10.4. The molecule has 2 unspecified atom stereocenters. The third-order valence-corrected chi connectivity index (χ3v) is 7.17. The first-order valence-corrected chi connectivity index (χ1v) is 10.3. The van der Waals surface area contributed by atoms with Gasteiger partial charge >= 0.3 is 0 Å². The van der Waals surface area contributed by atoms with E-state index in [4.69, 9.17) is 4.52 Å². The van der Waals surface area contributed by atoms with Crippen LogP contribution in [0.25, 0.3) is 0 Å². The van der Waals surface area contributed by atoms with Gasteiger partial charge < -0.3 is 9.84 Å². The van der Waals surface area contributed by atoms with Crippen LogP contribution in [0, 0.1) is 5.92 Å². The van der Waals surface area contributed by atoms with Crippen LogP contribution in [-0.4, -0.2) is 40.0 Å². The summed E-state index contributed by atoms with van der Waals surface area (Å²) >= 11 is 3.96. The highest BCUT2D eigenvalue weighted by Crippen LogP contribution is 2.35. The lowest BCUT2D eigenvalue weighted by molar-refractivity contribution is 0.309. The van der Waals surface area contributed by atoms with Crippen molar-refractivity contribution in [3.63, 3.8) is 0 Å². The van der Waals surface area contributed by atoms with Gasteiger partial charge in [0.1, 0.15) is 0 Å². The van der Waals surface area contributed by atoms with E-state index in [1.165, 1.54) is 37.2 Å². The predicted molar refractivity (Wildman–Crippen MR) is 89.9 cm³/mol. The summed E-state index contributed by atoms with van der Waals surface area (Å²) in [6.07, 6.45) is 6.31. The van der Waals surface area contributed by atoms with Gasteiger partial charge in [0.05, 0.1) is 5.25 Å². The topological polar surface area (TPSA) is 51.0 Å². The van der Waals surface area contributed by atoms with Crippen LogP contribution in [0.5, 0.6) is 0 Å². The lowest BCUT2D eigenvalue weighted by Gasteiger charge is -2.22. The molecule has 0 aromatic carbocycles. The minimum Gasteiger partial charge on any atom is -0.339 e. The van der Waals surface area contributed by atoms with E-state index in [2.05, 4.69) is 22.4 Å². The molecule has 4 nitrogen and oxygen atoms in total. The van der Waals surface area contributed by atoms with Gasteiger partial charge in [-0.05, 0) is 25.3 Å². The van der Waals surface area contributed by atoms with Crippen molar-refractivity contribution in [3.8, 4) is 0 Å². The Morgan fingerprint density at radius 3 is 2.90 bits per heavy atom. The molecule has 118 valence electrons. The highest BCUT2D eigenvalue weighted by atomic mass is 32.2. The lowest BCUT2D eigenvalue weighted by Crippen LogP contribution is -2.37. The average Bonchev–Trinajstić information content (AvgIpc) is 3.19. The van der Waals surface area contributed by atoms with Crippen LogP contribution >= 0.6 is 23.5 Å². The van der Waals surface area contributed by atoms with E-state index in [1.54, 1.807) is 0 Å². The number of rotatable bonds is 6. The summed E-state index contributed by atoms with van der Waals surface area (Å²) in [5.41, 5.74) is 0. The molecule has 2 heterocycles. The summed E-state index contributed by atoms with van der Waals surface area (Å²) in [6, 6.07) is 0.499. The first-order valence-electron chi connectivity index (χ1n) is 8.12. The second-order valence-corrected chi connectivity index (χ2v) is 8.35. The lowest BCUT2D eigenvalue weighted by atomic mass is 9.95. The van der Waals surface area contributed by atoms with Gasteiger partial charge in [-0.3, -0.25) is 0 Å². The molecule has 1 aromatic rings. The number of nitrogens with zero attached hydrogens (tertiary/aromatic N) is 2. The Hall–Kier alpha value is -0.200. The van der Waals surface area contributed by atoms with Gasteiger partial charge in [-0.1, -0.05) is 24.9 Å². The van der Waals surface area contributed by atoms with Crippen molar-refractivity contribution in [3.05, 3.63) is 11.7 Å². The average molecular weight is 328 g/mol. The fourth-order valence-electron chi connectivity index (χ4n) is 3.33. The highest BCUT2D eigenvalue weighted by molar-refractivity contribution is 8.06. The molecular weight excluding hydrogens is 302 g/mol. The Kier molecular flexibility index (Phi) is 5.89. The molecule has 1 aliphatic carbocycles. The molecule has 0 radical (unpaired) electrons. The summed E-state index contributed by atoms with van der Waals surface area (Å²) in [4.78, 5) is 4.68. The van der Waals surface area contributed by atoms with Crippen molar-refractivity contribution in [1.29, 1.82) is 0 Å². The Morgan fingerprint density at radius 1 is 1.33 bits per heavy atom. The molecule has 2 aliphatic rings. The van der Waals surface area contributed by atoms with Gasteiger partial charge in [-0.2, -0.15) is 16.7 Å². The zero-order valence-electron chi connectivity index (χ0n) is 12.7. The van der Waals surface area contributed by atoms with Crippen molar-refractivity contribution in [2.75, 3.05) is 23.8 Å². The van der Waals surface area contributed by atoms with Crippen molar-refractivity contribution >= 4 is 23.5 Å². The van der Waals surface area contributed by atoms with Crippen LogP contribution in [0.1, 0.15) is 49.6 Å². The van der Waals surface area contributed by atoms with E-state index >= 15 is 0 Å². The van der Waals surface area contributed by atoms with Gasteiger partial charge in [0.25, 0.3) is 0 Å². The molecule has 1 aromatic heterocycles. The number of nitrogens with one attached hydrogen (secondary N) is 1. The molecule has 0 bridgehead atoms. The maximum absolute atomic E-state index is 5.53. The Morgan fingerprint density at radius 2 is 2.19 bits per heavy atom. The quantitative estimate of drug-likeness (QED) is 0.865. The van der Waals surface area contributed by atoms with Crippen molar-refractivity contribution in [2.45, 2.75) is 50.3 Å². The van der Waals surface area contributed by atoms with Gasteiger partial charge in [0.15, 0.2) is 5.82 Å². The number of likely N-dealkylation sites (N-methyl/N-ethyl adjacent to an activating group) is 1. The van der Waals surface area contributed by atoms with E-state index in [9.17, 15) is 0 Å². The van der Waals surface area contributed by atoms with Gasteiger partial charge in [0.2, 0.25) is 5.89 Å². The SMILES string of the molecule is CCNC(Cc1nc(C2CSCCS2)no1)C1CCCC1. The van der Waals surface area contributed by atoms with Crippen LogP contribution in [0.3, 0.4) is 0 Å². The zero-order valence-corrected chi connectivity index (χ0v) is 14.3. The smallest absolute Gasteiger partial charge is 0.228 e. The molecule has 1 saturated carbocycles. The maximum Gasteiger partial charge on any atom is 0.228 e. The highest BCUT2D eigenvalue weighted by Gasteiger charge is 2.27. The summed E-state index contributed by atoms with van der Waals surface area (Å²) in [5, 5.41) is 8.28. The fraction of sp³-hybridized carbons (Fsp3) is 0.867. The van der Waals surface area contributed by atoms with Gasteiger partial charge in [0, 0.05) is 29.7 Å². The number of thioether (sulfide) groups is 2. The van der Waals surface area contributed by atoms with Crippen LogP contribution in [0.2, 0.25) is 0 Å².